The van der Waals surface area contributed by atoms with E-state index in [-0.39, 0.29) is 48.7 Å². The first-order chi connectivity index (χ1) is 31.4. The second-order valence-corrected chi connectivity index (χ2v) is 22.4. The Morgan fingerprint density at radius 1 is 0.910 bits per heavy atom. The molecule has 1 aromatic heterocycles. The number of nitrogens with zero attached hydrogens (tertiary/aromatic N) is 1. The molecule has 0 aliphatic carbocycles. The molecule has 5 heterocycles. The fraction of sp³-hybridized carbons (Fsp3) is 0.760. The molecule has 1 aromatic carbocycles. The summed E-state index contributed by atoms with van der Waals surface area (Å²) in [6, 6.07) is 7.35. The maximum Gasteiger partial charge on any atom is 0.320 e. The van der Waals surface area contributed by atoms with Gasteiger partial charge < -0.3 is 53.0 Å². The number of thioether (sulfide) groups is 1. The molecule has 4 fully saturated rings. The summed E-state index contributed by atoms with van der Waals surface area (Å²) in [7, 11) is 6.82. The summed E-state index contributed by atoms with van der Waals surface area (Å²) in [4.78, 5) is 60.1. The van der Waals surface area contributed by atoms with E-state index in [1.807, 2.05) is 83.3 Å². The quantitative estimate of drug-likeness (QED) is 0.174. The van der Waals surface area contributed by atoms with Crippen molar-refractivity contribution in [3.8, 4) is 0 Å². The molecule has 0 radical (unpaired) electrons. The van der Waals surface area contributed by atoms with Gasteiger partial charge in [0, 0.05) is 71.4 Å². The van der Waals surface area contributed by atoms with Crippen LogP contribution in [0.3, 0.4) is 0 Å². The lowest BCUT2D eigenvalue weighted by Gasteiger charge is -2.50. The van der Waals surface area contributed by atoms with Crippen LogP contribution in [0, 0.1) is 29.6 Å². The van der Waals surface area contributed by atoms with E-state index in [2.05, 4.69) is 0 Å². The van der Waals surface area contributed by atoms with Gasteiger partial charge in [-0.3, -0.25) is 19.2 Å². The maximum atomic E-state index is 15.1. The van der Waals surface area contributed by atoms with Crippen LogP contribution in [0.4, 0.5) is 0 Å². The molecule has 67 heavy (non-hydrogen) atoms. The topological polar surface area (TPSA) is 186 Å². The smallest absolute Gasteiger partial charge is 0.320 e. The van der Waals surface area contributed by atoms with E-state index in [9.17, 15) is 24.6 Å². The fourth-order valence-corrected chi connectivity index (χ4v) is 13.7. The normalized spacial score (nSPS) is 42.6. The molecule has 4 aliphatic rings. The standard InChI is InChI=1S/C50H75NO14S2/c1-15-36-50(10)38(42(46(57)65-50)67-24-34(52)32-23-66-35-19-17-16-18-31(32)35)27(4)39(53)25(2)21-49(9,59-14)44(64-47-40(54)33(51(11)12)20-26(3)60-47)28(5)41(29(6)45(56)62-36)63-37-22-48(8,58-13)43(55)30(7)61-37/h16-19,23,25-30,33,36-38,40-44,47,54-55H,15,20-22,24H2,1-14H3/t25-,26-,27?,28+,29-,30-,33+,36-,37+,38?,40-,41+,42?,43+,44-,47+,48-,49-,50-/m1/s1. The number of aliphatic hydroxyl groups excluding tert-OH is 2. The summed E-state index contributed by atoms with van der Waals surface area (Å²) >= 11 is 2.62. The Balaban J connectivity index is 1.43. The van der Waals surface area contributed by atoms with Crippen LogP contribution in [0.25, 0.3) is 10.1 Å². The predicted octanol–water partition coefficient (Wildman–Crippen LogP) is 6.46. The van der Waals surface area contributed by atoms with Crippen molar-refractivity contribution < 1.29 is 67.3 Å². The van der Waals surface area contributed by atoms with Crippen LogP contribution in [-0.2, 0) is 52.3 Å². The molecule has 0 bridgehead atoms. The summed E-state index contributed by atoms with van der Waals surface area (Å²) in [5.41, 5.74) is -3.26. The van der Waals surface area contributed by atoms with Gasteiger partial charge in [-0.15, -0.1) is 23.1 Å². The van der Waals surface area contributed by atoms with Crippen molar-refractivity contribution in [1.82, 2.24) is 4.90 Å². The van der Waals surface area contributed by atoms with Crippen LogP contribution < -0.4 is 0 Å². The zero-order valence-corrected chi connectivity index (χ0v) is 43.3. The molecule has 4 saturated heterocycles. The largest absolute Gasteiger partial charge is 0.458 e. The number of cyclic esters (lactones) is 1. The second-order valence-electron chi connectivity index (χ2n) is 20.4. The summed E-state index contributed by atoms with van der Waals surface area (Å²) in [5, 5.41) is 24.7. The van der Waals surface area contributed by atoms with Gasteiger partial charge in [-0.1, -0.05) is 45.9 Å². The molecule has 15 nitrogen and oxygen atoms in total. The molecule has 0 amide bonds. The third kappa shape index (κ3) is 10.7. The van der Waals surface area contributed by atoms with Crippen LogP contribution in [0.2, 0.25) is 0 Å². The molecular formula is C50H75NO14S2. The molecule has 19 atom stereocenters. The predicted molar refractivity (Wildman–Crippen MR) is 255 cm³/mol. The van der Waals surface area contributed by atoms with Gasteiger partial charge in [0.25, 0.3) is 0 Å². The third-order valence-electron chi connectivity index (χ3n) is 15.4. The number of aliphatic hydroxyl groups is 2. The van der Waals surface area contributed by atoms with Gasteiger partial charge >= 0.3 is 11.9 Å². The Morgan fingerprint density at radius 3 is 2.22 bits per heavy atom. The second kappa shape index (κ2) is 21.4. The van der Waals surface area contributed by atoms with Gasteiger partial charge in [0.2, 0.25) is 0 Å². The van der Waals surface area contributed by atoms with Crippen LogP contribution in [0.1, 0.15) is 105 Å². The Labute approximate surface area is 404 Å². The number of likely N-dealkylation sites (N-methyl/N-ethyl adjacent to an activating group) is 1. The van der Waals surface area contributed by atoms with Crippen molar-refractivity contribution in [2.75, 3.05) is 34.1 Å². The number of esters is 2. The summed E-state index contributed by atoms with van der Waals surface area (Å²) in [6.07, 6.45) is -7.18. The lowest BCUT2D eigenvalue weighted by molar-refractivity contribution is -0.319. The molecule has 17 heteroatoms. The maximum absolute atomic E-state index is 15.1. The highest BCUT2D eigenvalue weighted by Crippen LogP contribution is 2.50. The highest BCUT2D eigenvalue weighted by Gasteiger charge is 2.62. The molecule has 0 spiro atoms. The average Bonchev–Trinajstić information content (AvgIpc) is 3.84. The fourth-order valence-electron chi connectivity index (χ4n) is 11.3. The first kappa shape index (κ1) is 53.8. The average molecular weight is 978 g/mol. The first-order valence-electron chi connectivity index (χ1n) is 23.8. The van der Waals surface area contributed by atoms with Gasteiger partial charge in [-0.2, -0.15) is 0 Å². The Kier molecular flexibility index (Phi) is 17.2. The highest BCUT2D eigenvalue weighted by atomic mass is 32.2. The molecule has 376 valence electrons. The minimum atomic E-state index is -1.47. The van der Waals surface area contributed by atoms with Crippen molar-refractivity contribution in [3.05, 3.63) is 35.2 Å². The molecule has 0 saturated carbocycles. The highest BCUT2D eigenvalue weighted by molar-refractivity contribution is 8.01. The Morgan fingerprint density at radius 2 is 1.58 bits per heavy atom. The third-order valence-corrected chi connectivity index (χ3v) is 17.7. The van der Waals surface area contributed by atoms with Crippen molar-refractivity contribution in [1.29, 1.82) is 0 Å². The minimum Gasteiger partial charge on any atom is -0.458 e. The van der Waals surface area contributed by atoms with E-state index in [1.165, 1.54) is 25.6 Å². The van der Waals surface area contributed by atoms with E-state index >= 15 is 4.79 Å². The summed E-state index contributed by atoms with van der Waals surface area (Å²) in [6.45, 7) is 18.0. The number of ketones is 2. The van der Waals surface area contributed by atoms with Crippen LogP contribution in [-0.4, -0.2) is 156 Å². The van der Waals surface area contributed by atoms with Crippen molar-refractivity contribution in [2.24, 2.45) is 29.6 Å². The van der Waals surface area contributed by atoms with Gasteiger partial charge in [0.05, 0.1) is 47.3 Å². The van der Waals surface area contributed by atoms with E-state index in [0.29, 0.717) is 12.0 Å². The molecule has 2 N–H and O–H groups in total. The van der Waals surface area contributed by atoms with Crippen molar-refractivity contribution >= 4 is 56.7 Å². The summed E-state index contributed by atoms with van der Waals surface area (Å²) in [5.74, 6) is -5.72. The minimum absolute atomic E-state index is 0.0434. The Hall–Kier alpha value is -2.55. The zero-order valence-electron chi connectivity index (χ0n) is 41.7. The van der Waals surface area contributed by atoms with Crippen LogP contribution in [0.15, 0.2) is 29.6 Å². The van der Waals surface area contributed by atoms with Gasteiger partial charge in [0.1, 0.15) is 29.3 Å². The number of thiophene rings is 1. The zero-order chi connectivity index (χ0) is 49.5. The number of methoxy groups -OCH3 is 2. The number of hydrogen-bond acceptors (Lipinski definition) is 17. The molecular weight excluding hydrogens is 903 g/mol. The van der Waals surface area contributed by atoms with E-state index < -0.39 is 113 Å². The monoisotopic (exact) mass is 977 g/mol. The molecule has 2 aromatic rings. The number of benzene rings is 1. The van der Waals surface area contributed by atoms with Crippen molar-refractivity contribution in [3.63, 3.8) is 0 Å². The molecule has 3 unspecified atom stereocenters. The van der Waals surface area contributed by atoms with E-state index in [4.69, 9.17) is 37.9 Å². The van der Waals surface area contributed by atoms with Crippen LogP contribution >= 0.6 is 23.1 Å². The number of fused-ring (bicyclic) bond motifs is 2. The summed E-state index contributed by atoms with van der Waals surface area (Å²) < 4.78 is 52.6. The number of carbonyl (C=O) groups is 4. The van der Waals surface area contributed by atoms with Gasteiger partial charge in [0.15, 0.2) is 24.0 Å². The number of ether oxygens (including phenoxy) is 8. The van der Waals surface area contributed by atoms with Gasteiger partial charge in [-0.25, -0.2) is 0 Å². The number of rotatable bonds is 12. The Bertz CT molecular complexity index is 2070. The molecule has 4 aliphatic heterocycles. The molecule has 6 rings (SSSR count). The van der Waals surface area contributed by atoms with Crippen LogP contribution in [0.5, 0.6) is 0 Å². The lowest BCUT2D eigenvalue weighted by Crippen LogP contribution is -2.61. The lowest BCUT2D eigenvalue weighted by atomic mass is 9.70. The van der Waals surface area contributed by atoms with Crippen molar-refractivity contribution in [2.45, 2.75) is 178 Å². The number of carbonyl (C=O) groups excluding carboxylic acids is 4. The SMILES string of the molecule is CC[C@H]1OC(=O)[C@H](C)[C@@H](O[C@H]2C[C@@](C)(OC)[C@@H](O)[C@@H](C)O2)[C@H](C)[C@@H](O[C@@H]2O[C@H](C)C[C@H](N(C)C)[C@H]2O)[C@](C)(OC)C[C@@H](C)C(=O)C(C)C2C(SCC(=O)c3csc4ccccc34)C(=O)O[C@@]21C. The first-order valence-corrected chi connectivity index (χ1v) is 25.7. The van der Waals surface area contributed by atoms with E-state index in [1.54, 1.807) is 34.6 Å². The van der Waals surface area contributed by atoms with E-state index in [0.717, 1.165) is 21.8 Å². The number of hydrogen-bond donors (Lipinski definition) is 2. The van der Waals surface area contributed by atoms with Gasteiger partial charge in [-0.05, 0) is 81.0 Å². The number of Topliss-reactive ketones (excluding diaryl/α,β-unsaturated/α-hetero) is 2.